The monoisotopic (exact) mass is 242 g/mol. The maximum atomic E-state index is 12.1. The second-order valence-electron chi connectivity index (χ2n) is 5.93. The van der Waals surface area contributed by atoms with Crippen LogP contribution >= 0.6 is 0 Å². The summed E-state index contributed by atoms with van der Waals surface area (Å²) in [4.78, 5) is 12.1. The number of hydrogen-bond donors (Lipinski definition) is 2. The summed E-state index contributed by atoms with van der Waals surface area (Å²) in [5, 5.41) is 6.59. The van der Waals surface area contributed by atoms with E-state index in [4.69, 9.17) is 0 Å². The van der Waals surface area contributed by atoms with Gasteiger partial charge in [-0.3, -0.25) is 4.79 Å². The van der Waals surface area contributed by atoms with Crippen LogP contribution in [0.25, 0.3) is 0 Å². The standard InChI is InChI=1S/C15H18N2O/c18-15(14-7-10-6-12(10)16-14)17-13-8-11(13)9-4-2-1-3-5-9/h1-5,10-14,16H,6-8H2,(H,17,18)/t10?,11-,12?,13+,14?/m1/s1. The Labute approximate surface area is 107 Å². The van der Waals surface area contributed by atoms with Gasteiger partial charge in [0.1, 0.15) is 0 Å². The summed E-state index contributed by atoms with van der Waals surface area (Å²) in [6.45, 7) is 0. The van der Waals surface area contributed by atoms with E-state index in [0.29, 0.717) is 18.0 Å². The molecule has 3 aliphatic rings. The first kappa shape index (κ1) is 10.6. The van der Waals surface area contributed by atoms with E-state index < -0.39 is 0 Å². The van der Waals surface area contributed by atoms with Gasteiger partial charge in [-0.05, 0) is 30.7 Å². The van der Waals surface area contributed by atoms with Crippen molar-refractivity contribution in [2.75, 3.05) is 0 Å². The summed E-state index contributed by atoms with van der Waals surface area (Å²) >= 11 is 0. The number of carbonyl (C=O) groups excluding carboxylic acids is 1. The SMILES string of the molecule is O=C(N[C@H]1C[C@@H]1c1ccccc1)C1CC2CC2N1. The predicted molar refractivity (Wildman–Crippen MR) is 69.2 cm³/mol. The lowest BCUT2D eigenvalue weighted by molar-refractivity contribution is -0.123. The van der Waals surface area contributed by atoms with E-state index in [0.717, 1.165) is 18.8 Å². The zero-order valence-electron chi connectivity index (χ0n) is 10.3. The normalized spacial score (nSPS) is 40.1. The minimum Gasteiger partial charge on any atom is -0.351 e. The quantitative estimate of drug-likeness (QED) is 0.841. The molecule has 3 fully saturated rings. The zero-order chi connectivity index (χ0) is 12.1. The molecule has 1 aromatic carbocycles. The Morgan fingerprint density at radius 3 is 2.72 bits per heavy atom. The van der Waals surface area contributed by atoms with Crippen LogP contribution in [0.1, 0.15) is 30.7 Å². The van der Waals surface area contributed by atoms with E-state index in [2.05, 4.69) is 34.9 Å². The van der Waals surface area contributed by atoms with Crippen molar-refractivity contribution >= 4 is 5.91 Å². The van der Waals surface area contributed by atoms with Gasteiger partial charge >= 0.3 is 0 Å². The van der Waals surface area contributed by atoms with Gasteiger partial charge in [-0.2, -0.15) is 0 Å². The molecule has 0 radical (unpaired) electrons. The molecule has 18 heavy (non-hydrogen) atoms. The van der Waals surface area contributed by atoms with Gasteiger partial charge in [-0.25, -0.2) is 0 Å². The molecule has 94 valence electrons. The Morgan fingerprint density at radius 1 is 1.17 bits per heavy atom. The van der Waals surface area contributed by atoms with Gasteiger partial charge in [0.05, 0.1) is 6.04 Å². The van der Waals surface area contributed by atoms with Crippen molar-refractivity contribution in [1.82, 2.24) is 10.6 Å². The molecule has 0 bridgehead atoms. The number of hydrogen-bond acceptors (Lipinski definition) is 2. The van der Waals surface area contributed by atoms with Crippen LogP contribution in [0.4, 0.5) is 0 Å². The van der Waals surface area contributed by atoms with Crippen molar-refractivity contribution in [2.24, 2.45) is 5.92 Å². The van der Waals surface area contributed by atoms with Crippen LogP contribution in [0.2, 0.25) is 0 Å². The van der Waals surface area contributed by atoms with Crippen molar-refractivity contribution in [2.45, 2.75) is 43.3 Å². The third kappa shape index (κ3) is 1.83. The van der Waals surface area contributed by atoms with E-state index in [-0.39, 0.29) is 11.9 Å². The van der Waals surface area contributed by atoms with Crippen molar-refractivity contribution in [3.05, 3.63) is 35.9 Å². The van der Waals surface area contributed by atoms with Crippen LogP contribution in [-0.2, 0) is 4.79 Å². The van der Waals surface area contributed by atoms with Gasteiger partial charge in [0, 0.05) is 18.0 Å². The molecule has 1 heterocycles. The molecule has 2 saturated carbocycles. The minimum atomic E-state index is 0.0748. The Bertz CT molecular complexity index is 463. The Kier molecular flexibility index (Phi) is 2.24. The summed E-state index contributed by atoms with van der Waals surface area (Å²) in [6.07, 6.45) is 3.41. The van der Waals surface area contributed by atoms with Gasteiger partial charge in [0.25, 0.3) is 0 Å². The third-order valence-corrected chi connectivity index (χ3v) is 4.54. The number of piperidine rings is 1. The molecule has 3 unspecified atom stereocenters. The molecule has 2 aliphatic carbocycles. The second kappa shape index (κ2) is 3.82. The number of amides is 1. The number of carbonyl (C=O) groups is 1. The first-order chi connectivity index (χ1) is 8.81. The molecule has 5 atom stereocenters. The van der Waals surface area contributed by atoms with Crippen LogP contribution < -0.4 is 10.6 Å². The van der Waals surface area contributed by atoms with E-state index in [9.17, 15) is 4.79 Å². The lowest BCUT2D eigenvalue weighted by Gasteiger charge is -2.13. The molecule has 1 aliphatic heterocycles. The van der Waals surface area contributed by atoms with Crippen molar-refractivity contribution in [1.29, 1.82) is 0 Å². The highest BCUT2D eigenvalue weighted by Crippen LogP contribution is 2.42. The molecule has 1 saturated heterocycles. The third-order valence-electron chi connectivity index (χ3n) is 4.54. The highest BCUT2D eigenvalue weighted by Gasteiger charge is 2.49. The average molecular weight is 242 g/mol. The van der Waals surface area contributed by atoms with Crippen LogP contribution in [0.5, 0.6) is 0 Å². The Morgan fingerprint density at radius 2 is 2.00 bits per heavy atom. The second-order valence-corrected chi connectivity index (χ2v) is 5.93. The van der Waals surface area contributed by atoms with Crippen LogP contribution in [0.3, 0.4) is 0 Å². The topological polar surface area (TPSA) is 41.1 Å². The Balaban J connectivity index is 1.33. The summed E-state index contributed by atoms with van der Waals surface area (Å²) in [5.74, 6) is 1.53. The zero-order valence-corrected chi connectivity index (χ0v) is 10.3. The molecule has 3 heteroatoms. The first-order valence-corrected chi connectivity index (χ1v) is 6.92. The maximum Gasteiger partial charge on any atom is 0.237 e. The lowest BCUT2D eigenvalue weighted by Crippen LogP contribution is -2.43. The fraction of sp³-hybridized carbons (Fsp3) is 0.533. The fourth-order valence-electron chi connectivity index (χ4n) is 3.23. The van der Waals surface area contributed by atoms with Crippen molar-refractivity contribution in [3.63, 3.8) is 0 Å². The summed E-state index contributed by atoms with van der Waals surface area (Å²) < 4.78 is 0. The van der Waals surface area contributed by atoms with E-state index in [1.54, 1.807) is 0 Å². The molecule has 0 aromatic heterocycles. The predicted octanol–water partition coefficient (Wildman–Crippen LogP) is 1.41. The van der Waals surface area contributed by atoms with E-state index >= 15 is 0 Å². The van der Waals surface area contributed by atoms with Gasteiger partial charge in [-0.1, -0.05) is 30.3 Å². The molecular weight excluding hydrogens is 224 g/mol. The number of nitrogens with one attached hydrogen (secondary N) is 2. The number of fused-ring (bicyclic) bond motifs is 1. The highest BCUT2D eigenvalue weighted by molar-refractivity contribution is 5.83. The Hall–Kier alpha value is -1.35. The van der Waals surface area contributed by atoms with Crippen molar-refractivity contribution < 1.29 is 4.79 Å². The highest BCUT2D eigenvalue weighted by atomic mass is 16.2. The summed E-state index contributed by atoms with van der Waals surface area (Å²) in [6, 6.07) is 11.6. The molecule has 1 amide bonds. The summed E-state index contributed by atoms with van der Waals surface area (Å²) in [5.41, 5.74) is 1.35. The van der Waals surface area contributed by atoms with Crippen LogP contribution in [0, 0.1) is 5.92 Å². The molecule has 0 spiro atoms. The van der Waals surface area contributed by atoms with E-state index in [1.807, 2.05) is 6.07 Å². The fourth-order valence-corrected chi connectivity index (χ4v) is 3.23. The minimum absolute atomic E-state index is 0.0748. The molecule has 2 N–H and O–H groups in total. The molecule has 4 rings (SSSR count). The number of benzene rings is 1. The van der Waals surface area contributed by atoms with Gasteiger partial charge in [0.15, 0.2) is 0 Å². The molecule has 3 nitrogen and oxygen atoms in total. The molecular formula is C15H18N2O. The number of rotatable bonds is 3. The van der Waals surface area contributed by atoms with Gasteiger partial charge in [-0.15, -0.1) is 0 Å². The maximum absolute atomic E-state index is 12.1. The first-order valence-electron chi connectivity index (χ1n) is 6.92. The van der Waals surface area contributed by atoms with Crippen molar-refractivity contribution in [3.8, 4) is 0 Å². The smallest absolute Gasteiger partial charge is 0.237 e. The largest absolute Gasteiger partial charge is 0.351 e. The van der Waals surface area contributed by atoms with Gasteiger partial charge < -0.3 is 10.6 Å². The van der Waals surface area contributed by atoms with Gasteiger partial charge in [0.2, 0.25) is 5.91 Å². The van der Waals surface area contributed by atoms with Crippen LogP contribution in [-0.4, -0.2) is 24.0 Å². The summed E-state index contributed by atoms with van der Waals surface area (Å²) in [7, 11) is 0. The van der Waals surface area contributed by atoms with Crippen LogP contribution in [0.15, 0.2) is 30.3 Å². The average Bonchev–Trinajstić information content (AvgIpc) is 3.30. The molecule has 1 aromatic rings. The van der Waals surface area contributed by atoms with E-state index in [1.165, 1.54) is 12.0 Å². The lowest BCUT2D eigenvalue weighted by atomic mass is 10.1.